The number of H-pyrrole nitrogens is 1. The molecule has 0 atom stereocenters. The van der Waals surface area contributed by atoms with Crippen molar-refractivity contribution < 1.29 is 17.9 Å². The van der Waals surface area contributed by atoms with Crippen LogP contribution in [0.1, 0.15) is 31.1 Å². The van der Waals surface area contributed by atoms with E-state index in [0.29, 0.717) is 16.3 Å². The number of aromatic nitrogens is 2. The molecule has 0 saturated heterocycles. The van der Waals surface area contributed by atoms with E-state index in [4.69, 9.17) is 4.74 Å². The molecule has 4 rings (SSSR count). The van der Waals surface area contributed by atoms with Crippen LogP contribution in [0.25, 0.3) is 21.8 Å². The molecule has 0 amide bonds. The fraction of sp³-hybridized carbons (Fsp3) is 0.190. The molecule has 144 valence electrons. The highest BCUT2D eigenvalue weighted by atomic mass is 32.2. The van der Waals surface area contributed by atoms with Gasteiger partial charge in [0, 0.05) is 28.7 Å². The second kappa shape index (κ2) is 6.24. The average Bonchev–Trinajstić information content (AvgIpc) is 3.23. The summed E-state index contributed by atoms with van der Waals surface area (Å²) >= 11 is 0. The van der Waals surface area contributed by atoms with Crippen molar-refractivity contribution in [2.45, 2.75) is 31.3 Å². The molecule has 2 aromatic carbocycles. The Morgan fingerprint density at radius 2 is 1.64 bits per heavy atom. The summed E-state index contributed by atoms with van der Waals surface area (Å²) in [6.07, 6.45) is 2.82. The number of hydrogen-bond acceptors (Lipinski definition) is 4. The van der Waals surface area contributed by atoms with Gasteiger partial charge in [-0.05, 0) is 32.9 Å². The molecule has 0 bridgehead atoms. The fourth-order valence-electron chi connectivity index (χ4n) is 3.21. The first-order valence-corrected chi connectivity index (χ1v) is 10.3. The Labute approximate surface area is 162 Å². The third kappa shape index (κ3) is 2.97. The number of ether oxygens (including phenoxy) is 1. The first kappa shape index (κ1) is 18.3. The second-order valence-electron chi connectivity index (χ2n) is 7.56. The number of hydrogen-bond donors (Lipinski definition) is 1. The van der Waals surface area contributed by atoms with Crippen molar-refractivity contribution in [2.75, 3.05) is 0 Å². The Hall–Kier alpha value is -3.06. The molecule has 0 saturated carbocycles. The van der Waals surface area contributed by atoms with Crippen molar-refractivity contribution in [3.8, 4) is 0 Å². The Morgan fingerprint density at radius 3 is 2.36 bits per heavy atom. The number of benzene rings is 2. The van der Waals surface area contributed by atoms with Crippen LogP contribution in [0.4, 0.5) is 0 Å². The van der Waals surface area contributed by atoms with Crippen molar-refractivity contribution in [3.63, 3.8) is 0 Å². The van der Waals surface area contributed by atoms with Crippen molar-refractivity contribution in [1.29, 1.82) is 0 Å². The van der Waals surface area contributed by atoms with Gasteiger partial charge in [0.25, 0.3) is 10.0 Å². The standard InChI is InChI=1S/C21H20N2O4S/c1-21(2,3)27-20(24)16-13-23(18-11-7-5-8-14(16)18)28(25,26)19-12-22-17-10-6-4-9-15(17)19/h4-13,22H,1-3H3. The molecule has 28 heavy (non-hydrogen) atoms. The number of nitrogens with one attached hydrogen (secondary N) is 1. The van der Waals surface area contributed by atoms with Gasteiger partial charge in [0.05, 0.1) is 11.1 Å². The topological polar surface area (TPSA) is 81.2 Å². The molecule has 4 aromatic rings. The van der Waals surface area contributed by atoms with Crippen molar-refractivity contribution in [3.05, 3.63) is 66.5 Å². The molecule has 7 heteroatoms. The summed E-state index contributed by atoms with van der Waals surface area (Å²) in [6, 6.07) is 14.1. The molecule has 2 heterocycles. The van der Waals surface area contributed by atoms with Crippen molar-refractivity contribution >= 4 is 37.8 Å². The van der Waals surface area contributed by atoms with Crippen LogP contribution in [0.15, 0.2) is 65.8 Å². The monoisotopic (exact) mass is 396 g/mol. The molecular weight excluding hydrogens is 376 g/mol. The van der Waals surface area contributed by atoms with Crippen LogP contribution in [-0.2, 0) is 14.8 Å². The van der Waals surface area contributed by atoms with E-state index in [1.165, 1.54) is 12.4 Å². The Balaban J connectivity index is 1.93. The lowest BCUT2D eigenvalue weighted by atomic mass is 10.1. The van der Waals surface area contributed by atoms with Gasteiger partial charge >= 0.3 is 5.97 Å². The van der Waals surface area contributed by atoms with E-state index in [0.717, 1.165) is 9.49 Å². The number of esters is 1. The molecular formula is C21H20N2O4S. The average molecular weight is 396 g/mol. The molecule has 0 radical (unpaired) electrons. The number of carbonyl (C=O) groups is 1. The highest BCUT2D eigenvalue weighted by molar-refractivity contribution is 7.90. The van der Waals surface area contributed by atoms with Crippen LogP contribution in [-0.4, -0.2) is 28.9 Å². The summed E-state index contributed by atoms with van der Waals surface area (Å²) in [4.78, 5) is 15.8. The Bertz CT molecular complexity index is 1310. The van der Waals surface area contributed by atoms with Crippen LogP contribution in [0, 0.1) is 0 Å². The van der Waals surface area contributed by atoms with Crippen molar-refractivity contribution in [2.24, 2.45) is 0 Å². The first-order chi connectivity index (χ1) is 13.2. The molecule has 0 spiro atoms. The molecule has 0 unspecified atom stereocenters. The summed E-state index contributed by atoms with van der Waals surface area (Å²) in [7, 11) is -3.93. The smallest absolute Gasteiger partial charge is 0.340 e. The van der Waals surface area contributed by atoms with Gasteiger partial charge in [-0.25, -0.2) is 17.2 Å². The van der Waals surface area contributed by atoms with Crippen LogP contribution in [0.2, 0.25) is 0 Å². The van der Waals surface area contributed by atoms with Gasteiger partial charge in [0.2, 0.25) is 0 Å². The lowest BCUT2D eigenvalue weighted by Crippen LogP contribution is -2.23. The van der Waals surface area contributed by atoms with Crippen LogP contribution >= 0.6 is 0 Å². The van der Waals surface area contributed by atoms with Gasteiger partial charge in [-0.3, -0.25) is 0 Å². The van der Waals surface area contributed by atoms with Crippen molar-refractivity contribution in [1.82, 2.24) is 8.96 Å². The lowest BCUT2D eigenvalue weighted by molar-refractivity contribution is 0.00718. The first-order valence-electron chi connectivity index (χ1n) is 8.83. The summed E-state index contributed by atoms with van der Waals surface area (Å²) in [5.41, 5.74) is 0.684. The Kier molecular flexibility index (Phi) is 4.08. The van der Waals surface area contributed by atoms with E-state index in [9.17, 15) is 13.2 Å². The zero-order valence-corrected chi connectivity index (χ0v) is 16.6. The highest BCUT2D eigenvalue weighted by Gasteiger charge is 2.27. The van der Waals surface area contributed by atoms with Gasteiger partial charge in [0.1, 0.15) is 10.5 Å². The SMILES string of the molecule is CC(C)(C)OC(=O)c1cn(S(=O)(=O)c2c[nH]c3ccccc23)c2ccccc12. The zero-order chi connectivity index (χ0) is 20.1. The minimum Gasteiger partial charge on any atom is -0.456 e. The molecule has 0 aliphatic heterocycles. The lowest BCUT2D eigenvalue weighted by Gasteiger charge is -2.19. The minimum atomic E-state index is -3.93. The van der Waals surface area contributed by atoms with Gasteiger partial charge in [-0.1, -0.05) is 36.4 Å². The molecule has 0 fully saturated rings. The number of rotatable bonds is 3. The number of para-hydroxylation sites is 2. The van der Waals surface area contributed by atoms with E-state index in [1.807, 2.05) is 12.1 Å². The number of fused-ring (bicyclic) bond motifs is 2. The number of carbonyl (C=O) groups excluding carboxylic acids is 1. The molecule has 0 aliphatic carbocycles. The van der Waals surface area contributed by atoms with Gasteiger partial charge < -0.3 is 9.72 Å². The molecule has 6 nitrogen and oxygen atoms in total. The van der Waals surface area contributed by atoms with Crippen LogP contribution < -0.4 is 0 Å². The third-order valence-electron chi connectivity index (χ3n) is 4.38. The quantitative estimate of drug-likeness (QED) is 0.523. The minimum absolute atomic E-state index is 0.152. The van der Waals surface area contributed by atoms with Crippen LogP contribution in [0.5, 0.6) is 0 Å². The zero-order valence-electron chi connectivity index (χ0n) is 15.8. The van der Waals surface area contributed by atoms with E-state index >= 15 is 0 Å². The van der Waals surface area contributed by atoms with E-state index < -0.39 is 21.6 Å². The maximum absolute atomic E-state index is 13.4. The summed E-state index contributed by atoms with van der Waals surface area (Å²) in [5.74, 6) is -0.559. The summed E-state index contributed by atoms with van der Waals surface area (Å²) in [5, 5.41) is 1.12. The van der Waals surface area contributed by atoms with Gasteiger partial charge in [-0.15, -0.1) is 0 Å². The predicted molar refractivity (Wildman–Crippen MR) is 108 cm³/mol. The van der Waals surface area contributed by atoms with Gasteiger partial charge in [0.15, 0.2) is 0 Å². The van der Waals surface area contributed by atoms with E-state index in [1.54, 1.807) is 57.2 Å². The maximum Gasteiger partial charge on any atom is 0.340 e. The predicted octanol–water partition coefficient (Wildman–Crippen LogP) is 4.31. The van der Waals surface area contributed by atoms with E-state index in [2.05, 4.69) is 4.98 Å². The largest absolute Gasteiger partial charge is 0.456 e. The number of nitrogens with zero attached hydrogens (tertiary/aromatic N) is 1. The van der Waals surface area contributed by atoms with Gasteiger partial charge in [-0.2, -0.15) is 0 Å². The summed E-state index contributed by atoms with van der Waals surface area (Å²) < 4.78 is 33.5. The Morgan fingerprint density at radius 1 is 1.00 bits per heavy atom. The third-order valence-corrected chi connectivity index (χ3v) is 6.10. The number of aromatic amines is 1. The fourth-order valence-corrected chi connectivity index (χ4v) is 4.75. The molecule has 0 aliphatic rings. The molecule has 1 N–H and O–H groups in total. The molecule has 2 aromatic heterocycles. The second-order valence-corrected chi connectivity index (χ2v) is 9.34. The van der Waals surface area contributed by atoms with E-state index in [-0.39, 0.29) is 10.5 Å². The normalized spacial score (nSPS) is 12.5. The maximum atomic E-state index is 13.4. The van der Waals surface area contributed by atoms with Crippen LogP contribution in [0.3, 0.4) is 0 Å². The summed E-state index contributed by atoms with van der Waals surface area (Å²) in [6.45, 7) is 5.31. The highest BCUT2D eigenvalue weighted by Crippen LogP contribution is 2.30.